The number of nitrogen functional groups attached to an aromatic ring is 1. The first kappa shape index (κ1) is 7.62. The Hall–Kier alpha value is -1.02. The van der Waals surface area contributed by atoms with Crippen molar-refractivity contribution in [3.63, 3.8) is 0 Å². The minimum Gasteiger partial charge on any atom is -0.398 e. The molecule has 2 N–H and O–H groups in total. The van der Waals surface area contributed by atoms with Crippen molar-refractivity contribution in [1.29, 1.82) is 0 Å². The second-order valence-electron chi connectivity index (χ2n) is 2.69. The van der Waals surface area contributed by atoms with Gasteiger partial charge in [0.25, 0.3) is 0 Å². The van der Waals surface area contributed by atoms with E-state index < -0.39 is 0 Å². The SMILES string of the molecule is Nc1cccc2cccc(Br)c12. The molecular formula is C10H8BrN. The number of benzene rings is 2. The molecule has 0 saturated heterocycles. The van der Waals surface area contributed by atoms with Crippen LogP contribution in [0.1, 0.15) is 0 Å². The molecule has 0 aromatic heterocycles. The van der Waals surface area contributed by atoms with E-state index in [1.54, 1.807) is 0 Å². The Bertz CT molecular complexity index is 386. The van der Waals surface area contributed by atoms with E-state index in [0.29, 0.717) is 0 Å². The predicted molar refractivity (Wildman–Crippen MR) is 56.1 cm³/mol. The molecule has 12 heavy (non-hydrogen) atoms. The summed E-state index contributed by atoms with van der Waals surface area (Å²) in [5.41, 5.74) is 6.65. The molecule has 60 valence electrons. The van der Waals surface area contributed by atoms with E-state index in [0.717, 1.165) is 15.5 Å². The summed E-state index contributed by atoms with van der Waals surface area (Å²) < 4.78 is 1.05. The Kier molecular flexibility index (Phi) is 1.77. The van der Waals surface area contributed by atoms with Crippen LogP contribution in [0.3, 0.4) is 0 Å². The quantitative estimate of drug-likeness (QED) is 0.680. The number of rotatable bonds is 0. The lowest BCUT2D eigenvalue weighted by Crippen LogP contribution is -1.86. The van der Waals surface area contributed by atoms with Crippen LogP contribution in [0.15, 0.2) is 40.9 Å². The molecule has 0 aliphatic rings. The second-order valence-corrected chi connectivity index (χ2v) is 3.54. The van der Waals surface area contributed by atoms with E-state index in [1.807, 2.05) is 24.3 Å². The Labute approximate surface area is 79.3 Å². The maximum atomic E-state index is 5.83. The number of nitrogens with two attached hydrogens (primary N) is 1. The predicted octanol–water partition coefficient (Wildman–Crippen LogP) is 3.18. The van der Waals surface area contributed by atoms with Crippen molar-refractivity contribution >= 4 is 32.4 Å². The van der Waals surface area contributed by atoms with Gasteiger partial charge in [-0.3, -0.25) is 0 Å². The minimum atomic E-state index is 0.819. The molecule has 2 aromatic carbocycles. The van der Waals surface area contributed by atoms with Gasteiger partial charge in [-0.2, -0.15) is 0 Å². The third kappa shape index (κ3) is 1.08. The molecular weight excluding hydrogens is 214 g/mol. The third-order valence-corrected chi connectivity index (χ3v) is 2.55. The van der Waals surface area contributed by atoms with E-state index in [4.69, 9.17) is 5.73 Å². The first-order valence-electron chi connectivity index (χ1n) is 3.72. The summed E-state index contributed by atoms with van der Waals surface area (Å²) in [6, 6.07) is 12.0. The van der Waals surface area contributed by atoms with Gasteiger partial charge < -0.3 is 5.73 Å². The van der Waals surface area contributed by atoms with E-state index >= 15 is 0 Å². The average molecular weight is 222 g/mol. The van der Waals surface area contributed by atoms with Crippen LogP contribution in [0.25, 0.3) is 10.8 Å². The van der Waals surface area contributed by atoms with Gasteiger partial charge in [-0.1, -0.05) is 40.2 Å². The van der Waals surface area contributed by atoms with Gasteiger partial charge in [-0.15, -0.1) is 0 Å². The zero-order valence-electron chi connectivity index (χ0n) is 6.42. The van der Waals surface area contributed by atoms with Crippen LogP contribution in [0.2, 0.25) is 0 Å². The van der Waals surface area contributed by atoms with Crippen LogP contribution in [0, 0.1) is 0 Å². The highest BCUT2D eigenvalue weighted by molar-refractivity contribution is 9.10. The van der Waals surface area contributed by atoms with Crippen LogP contribution >= 0.6 is 15.9 Å². The van der Waals surface area contributed by atoms with Crippen molar-refractivity contribution < 1.29 is 0 Å². The zero-order chi connectivity index (χ0) is 8.55. The van der Waals surface area contributed by atoms with Gasteiger partial charge in [-0.05, 0) is 17.5 Å². The zero-order valence-corrected chi connectivity index (χ0v) is 8.01. The topological polar surface area (TPSA) is 26.0 Å². The molecule has 0 radical (unpaired) electrons. The summed E-state index contributed by atoms with van der Waals surface area (Å²) in [5.74, 6) is 0. The van der Waals surface area contributed by atoms with Crippen LogP contribution in [-0.4, -0.2) is 0 Å². The summed E-state index contributed by atoms with van der Waals surface area (Å²) in [6.07, 6.45) is 0. The molecule has 0 aliphatic carbocycles. The second kappa shape index (κ2) is 2.79. The van der Waals surface area contributed by atoms with Crippen LogP contribution in [0.4, 0.5) is 5.69 Å². The first-order chi connectivity index (χ1) is 5.79. The number of halogens is 1. The van der Waals surface area contributed by atoms with Crippen molar-refractivity contribution in [2.45, 2.75) is 0 Å². The average Bonchev–Trinajstić information content (AvgIpc) is 2.04. The fourth-order valence-electron chi connectivity index (χ4n) is 1.32. The van der Waals surface area contributed by atoms with Crippen molar-refractivity contribution in [2.24, 2.45) is 0 Å². The molecule has 0 fully saturated rings. The lowest BCUT2D eigenvalue weighted by molar-refractivity contribution is 1.69. The molecule has 0 unspecified atom stereocenters. The Morgan fingerprint density at radius 2 is 1.67 bits per heavy atom. The molecule has 1 nitrogen and oxygen atoms in total. The van der Waals surface area contributed by atoms with Crippen LogP contribution in [-0.2, 0) is 0 Å². The molecule has 0 aliphatic heterocycles. The maximum absolute atomic E-state index is 5.83. The van der Waals surface area contributed by atoms with Gasteiger partial charge in [0.2, 0.25) is 0 Å². The van der Waals surface area contributed by atoms with Crippen LogP contribution < -0.4 is 5.73 Å². The van der Waals surface area contributed by atoms with Gasteiger partial charge in [0.1, 0.15) is 0 Å². The highest BCUT2D eigenvalue weighted by Gasteiger charge is 1.99. The largest absolute Gasteiger partial charge is 0.398 e. The Morgan fingerprint density at radius 1 is 1.00 bits per heavy atom. The van der Waals surface area contributed by atoms with Crippen molar-refractivity contribution in [2.75, 3.05) is 5.73 Å². The highest BCUT2D eigenvalue weighted by Crippen LogP contribution is 2.28. The van der Waals surface area contributed by atoms with E-state index in [2.05, 4.69) is 28.1 Å². The summed E-state index contributed by atoms with van der Waals surface area (Å²) in [6.45, 7) is 0. The van der Waals surface area contributed by atoms with Gasteiger partial charge in [0, 0.05) is 15.5 Å². The molecule has 2 aromatic rings. The molecule has 0 heterocycles. The smallest absolute Gasteiger partial charge is 0.0405 e. The summed E-state index contributed by atoms with van der Waals surface area (Å²) in [7, 11) is 0. The van der Waals surface area contributed by atoms with Gasteiger partial charge in [0.15, 0.2) is 0 Å². The molecule has 2 heteroatoms. The van der Waals surface area contributed by atoms with Crippen molar-refractivity contribution in [3.8, 4) is 0 Å². The highest BCUT2D eigenvalue weighted by atomic mass is 79.9. The number of hydrogen-bond acceptors (Lipinski definition) is 1. The number of hydrogen-bond donors (Lipinski definition) is 1. The Morgan fingerprint density at radius 3 is 2.33 bits per heavy atom. The normalized spacial score (nSPS) is 10.4. The summed E-state index contributed by atoms with van der Waals surface area (Å²) in [4.78, 5) is 0. The first-order valence-corrected chi connectivity index (χ1v) is 4.51. The maximum Gasteiger partial charge on any atom is 0.0405 e. The third-order valence-electron chi connectivity index (χ3n) is 1.89. The van der Waals surface area contributed by atoms with Crippen LogP contribution in [0.5, 0.6) is 0 Å². The van der Waals surface area contributed by atoms with E-state index in [1.165, 1.54) is 5.39 Å². The van der Waals surface area contributed by atoms with Gasteiger partial charge >= 0.3 is 0 Å². The molecule has 0 amide bonds. The van der Waals surface area contributed by atoms with Gasteiger partial charge in [-0.25, -0.2) is 0 Å². The van der Waals surface area contributed by atoms with Crippen molar-refractivity contribution in [3.05, 3.63) is 40.9 Å². The fraction of sp³-hybridized carbons (Fsp3) is 0. The summed E-state index contributed by atoms with van der Waals surface area (Å²) >= 11 is 3.47. The molecule has 0 saturated carbocycles. The van der Waals surface area contributed by atoms with Crippen molar-refractivity contribution in [1.82, 2.24) is 0 Å². The molecule has 0 spiro atoms. The molecule has 0 bridgehead atoms. The Balaban J connectivity index is 2.96. The molecule has 0 atom stereocenters. The number of anilines is 1. The summed E-state index contributed by atoms with van der Waals surface area (Å²) in [5, 5.41) is 2.27. The van der Waals surface area contributed by atoms with E-state index in [9.17, 15) is 0 Å². The fourth-order valence-corrected chi connectivity index (χ4v) is 1.93. The monoisotopic (exact) mass is 221 g/mol. The number of fused-ring (bicyclic) bond motifs is 1. The minimum absolute atomic E-state index is 0.819. The van der Waals surface area contributed by atoms with Gasteiger partial charge in [0.05, 0.1) is 0 Å². The molecule has 2 rings (SSSR count). The standard InChI is InChI=1S/C10H8BrN/c11-8-5-1-3-7-4-2-6-9(12)10(7)8/h1-6H,12H2. The lowest BCUT2D eigenvalue weighted by atomic mass is 10.1. The lowest BCUT2D eigenvalue weighted by Gasteiger charge is -2.02. The van der Waals surface area contributed by atoms with E-state index in [-0.39, 0.29) is 0 Å².